The normalized spacial score (nSPS) is 21.9. The van der Waals surface area contributed by atoms with Crippen LogP contribution in [-0.4, -0.2) is 30.8 Å². The van der Waals surface area contributed by atoms with Crippen molar-refractivity contribution in [2.45, 2.75) is 31.9 Å². The van der Waals surface area contributed by atoms with Crippen LogP contribution in [0.4, 0.5) is 5.69 Å². The van der Waals surface area contributed by atoms with Gasteiger partial charge in [0.1, 0.15) is 0 Å². The molecule has 0 saturated carbocycles. The maximum atomic E-state index is 11.0. The molecule has 1 N–H and O–H groups in total. The van der Waals surface area contributed by atoms with Crippen LogP contribution in [-0.2, 0) is 11.3 Å². The number of benzene rings is 1. The highest BCUT2D eigenvalue weighted by Crippen LogP contribution is 2.28. The first kappa shape index (κ1) is 14.7. The predicted molar refractivity (Wildman–Crippen MR) is 74.9 cm³/mol. The van der Waals surface area contributed by atoms with E-state index in [2.05, 4.69) is 12.2 Å². The Morgan fingerprint density at radius 3 is 2.95 bits per heavy atom. The number of ether oxygens (including phenoxy) is 2. The maximum absolute atomic E-state index is 11.0. The molecule has 0 aromatic heterocycles. The molecule has 1 aromatic rings. The van der Waals surface area contributed by atoms with Gasteiger partial charge in [0.25, 0.3) is 0 Å². The van der Waals surface area contributed by atoms with Gasteiger partial charge in [0.05, 0.1) is 17.6 Å². The molecule has 0 bridgehead atoms. The molecule has 1 saturated heterocycles. The minimum absolute atomic E-state index is 0.00451. The van der Waals surface area contributed by atoms with Crippen LogP contribution in [0.1, 0.15) is 25.3 Å². The van der Waals surface area contributed by atoms with Gasteiger partial charge in [-0.3, -0.25) is 10.1 Å². The molecule has 1 aliphatic heterocycles. The van der Waals surface area contributed by atoms with Crippen LogP contribution in [0.25, 0.3) is 0 Å². The number of hydrogen-bond donors (Lipinski definition) is 1. The van der Waals surface area contributed by atoms with E-state index in [1.165, 1.54) is 7.11 Å². The molecule has 1 aliphatic rings. The molecular weight excluding hydrogens is 260 g/mol. The van der Waals surface area contributed by atoms with Gasteiger partial charge in [-0.05, 0) is 31.4 Å². The first-order valence-corrected chi connectivity index (χ1v) is 6.70. The lowest BCUT2D eigenvalue weighted by Gasteiger charge is -2.23. The summed E-state index contributed by atoms with van der Waals surface area (Å²) in [7, 11) is 1.43. The Labute approximate surface area is 118 Å². The SMILES string of the molecule is COc1ccc(CNCC2(C)CCCO2)cc1[N+](=O)[O-]. The van der Waals surface area contributed by atoms with E-state index in [-0.39, 0.29) is 17.0 Å². The van der Waals surface area contributed by atoms with Crippen LogP contribution < -0.4 is 10.1 Å². The molecule has 20 heavy (non-hydrogen) atoms. The lowest BCUT2D eigenvalue weighted by Crippen LogP contribution is -2.36. The van der Waals surface area contributed by atoms with E-state index in [9.17, 15) is 10.1 Å². The average Bonchev–Trinajstić information content (AvgIpc) is 2.85. The molecule has 1 atom stereocenters. The summed E-state index contributed by atoms with van der Waals surface area (Å²) in [6.45, 7) is 4.21. The number of nitro groups is 1. The summed E-state index contributed by atoms with van der Waals surface area (Å²) in [5.41, 5.74) is 0.743. The summed E-state index contributed by atoms with van der Waals surface area (Å²) in [6, 6.07) is 5.00. The van der Waals surface area contributed by atoms with Gasteiger partial charge >= 0.3 is 5.69 Å². The van der Waals surface area contributed by atoms with E-state index in [1.54, 1.807) is 12.1 Å². The molecule has 1 fully saturated rings. The van der Waals surface area contributed by atoms with Crippen molar-refractivity contribution < 1.29 is 14.4 Å². The number of hydrogen-bond acceptors (Lipinski definition) is 5. The third kappa shape index (κ3) is 3.46. The number of nitrogens with one attached hydrogen (secondary N) is 1. The Morgan fingerprint density at radius 2 is 2.35 bits per heavy atom. The van der Waals surface area contributed by atoms with Crippen molar-refractivity contribution in [1.82, 2.24) is 5.32 Å². The number of nitrogens with zero attached hydrogens (tertiary/aromatic N) is 1. The molecule has 2 rings (SSSR count). The minimum Gasteiger partial charge on any atom is -0.490 e. The van der Waals surface area contributed by atoms with Crippen molar-refractivity contribution >= 4 is 5.69 Å². The standard InChI is InChI=1S/C14H20N2O4/c1-14(6-3-7-20-14)10-15-9-11-4-5-13(19-2)12(8-11)16(17)18/h4-5,8,15H,3,6-7,9-10H2,1-2H3. The summed E-state index contributed by atoms with van der Waals surface area (Å²) >= 11 is 0. The minimum atomic E-state index is -0.427. The van der Waals surface area contributed by atoms with Crippen LogP contribution in [0.15, 0.2) is 18.2 Å². The molecule has 0 amide bonds. The molecule has 110 valence electrons. The summed E-state index contributed by atoms with van der Waals surface area (Å²) in [5, 5.41) is 14.3. The van der Waals surface area contributed by atoms with Gasteiger partial charge in [0.2, 0.25) is 0 Å². The second kappa shape index (κ2) is 6.19. The summed E-state index contributed by atoms with van der Waals surface area (Å²) < 4.78 is 10.7. The van der Waals surface area contributed by atoms with Gasteiger partial charge in [-0.1, -0.05) is 6.07 Å². The van der Waals surface area contributed by atoms with Crippen molar-refractivity contribution in [2.24, 2.45) is 0 Å². The highest BCUT2D eigenvalue weighted by Gasteiger charge is 2.29. The zero-order valence-corrected chi connectivity index (χ0v) is 11.8. The fourth-order valence-electron chi connectivity index (χ4n) is 2.44. The maximum Gasteiger partial charge on any atom is 0.311 e. The number of nitro benzene ring substituents is 1. The Bertz CT molecular complexity index is 484. The van der Waals surface area contributed by atoms with Gasteiger partial charge in [-0.2, -0.15) is 0 Å². The fourth-order valence-corrected chi connectivity index (χ4v) is 2.44. The molecule has 1 heterocycles. The van der Waals surface area contributed by atoms with E-state index in [0.29, 0.717) is 6.54 Å². The molecule has 6 nitrogen and oxygen atoms in total. The van der Waals surface area contributed by atoms with Crippen LogP contribution in [0.3, 0.4) is 0 Å². The van der Waals surface area contributed by atoms with Crippen LogP contribution in [0.5, 0.6) is 5.75 Å². The summed E-state index contributed by atoms with van der Waals surface area (Å²) in [5.74, 6) is 0.282. The largest absolute Gasteiger partial charge is 0.490 e. The fraction of sp³-hybridized carbons (Fsp3) is 0.571. The Balaban J connectivity index is 1.96. The van der Waals surface area contributed by atoms with E-state index in [0.717, 1.165) is 31.6 Å². The smallest absolute Gasteiger partial charge is 0.311 e. The van der Waals surface area contributed by atoms with E-state index in [4.69, 9.17) is 9.47 Å². The highest BCUT2D eigenvalue weighted by molar-refractivity contribution is 5.48. The van der Waals surface area contributed by atoms with Gasteiger partial charge < -0.3 is 14.8 Å². The summed E-state index contributed by atoms with van der Waals surface area (Å²) in [4.78, 5) is 10.5. The predicted octanol–water partition coefficient (Wildman–Crippen LogP) is 2.26. The van der Waals surface area contributed by atoms with Crippen molar-refractivity contribution in [3.8, 4) is 5.75 Å². The average molecular weight is 280 g/mol. The van der Waals surface area contributed by atoms with Crippen LogP contribution in [0, 0.1) is 10.1 Å². The molecule has 0 spiro atoms. The van der Waals surface area contributed by atoms with Crippen molar-refractivity contribution in [3.63, 3.8) is 0 Å². The van der Waals surface area contributed by atoms with E-state index >= 15 is 0 Å². The van der Waals surface area contributed by atoms with Gasteiger partial charge in [-0.25, -0.2) is 0 Å². The van der Waals surface area contributed by atoms with Crippen molar-refractivity contribution in [2.75, 3.05) is 20.3 Å². The first-order valence-electron chi connectivity index (χ1n) is 6.70. The third-order valence-electron chi connectivity index (χ3n) is 3.57. The van der Waals surface area contributed by atoms with Crippen LogP contribution in [0.2, 0.25) is 0 Å². The third-order valence-corrected chi connectivity index (χ3v) is 3.57. The monoisotopic (exact) mass is 280 g/mol. The number of rotatable bonds is 6. The lowest BCUT2D eigenvalue weighted by atomic mass is 10.0. The molecule has 0 radical (unpaired) electrons. The summed E-state index contributed by atoms with van der Waals surface area (Å²) in [6.07, 6.45) is 2.13. The molecular formula is C14H20N2O4. The zero-order chi connectivity index (χ0) is 14.6. The lowest BCUT2D eigenvalue weighted by molar-refractivity contribution is -0.385. The topological polar surface area (TPSA) is 73.6 Å². The quantitative estimate of drug-likeness (QED) is 0.639. The van der Waals surface area contributed by atoms with Crippen LogP contribution >= 0.6 is 0 Å². The van der Waals surface area contributed by atoms with Gasteiger partial charge in [0.15, 0.2) is 5.75 Å². The molecule has 6 heteroatoms. The molecule has 0 aliphatic carbocycles. The highest BCUT2D eigenvalue weighted by atomic mass is 16.6. The second-order valence-electron chi connectivity index (χ2n) is 5.27. The van der Waals surface area contributed by atoms with E-state index in [1.807, 2.05) is 6.07 Å². The Hall–Kier alpha value is -1.66. The van der Waals surface area contributed by atoms with Gasteiger partial charge in [-0.15, -0.1) is 0 Å². The second-order valence-corrected chi connectivity index (χ2v) is 5.27. The Morgan fingerprint density at radius 1 is 1.55 bits per heavy atom. The zero-order valence-electron chi connectivity index (χ0n) is 11.8. The van der Waals surface area contributed by atoms with Crippen molar-refractivity contribution in [3.05, 3.63) is 33.9 Å². The number of methoxy groups -OCH3 is 1. The molecule has 1 aromatic carbocycles. The Kier molecular flexibility index (Phi) is 4.57. The molecule has 1 unspecified atom stereocenters. The van der Waals surface area contributed by atoms with E-state index < -0.39 is 4.92 Å². The first-order chi connectivity index (χ1) is 9.54. The van der Waals surface area contributed by atoms with Crippen molar-refractivity contribution in [1.29, 1.82) is 0 Å². The van der Waals surface area contributed by atoms with Gasteiger partial charge in [0, 0.05) is 25.8 Å².